The second-order valence-electron chi connectivity index (χ2n) is 3.87. The number of hydrogen-bond donors (Lipinski definition) is 2. The van der Waals surface area contributed by atoms with Crippen LogP contribution < -0.4 is 5.23 Å². The summed E-state index contributed by atoms with van der Waals surface area (Å²) < 4.78 is -0.564. The summed E-state index contributed by atoms with van der Waals surface area (Å²) in [4.78, 5) is 0. The molecule has 0 bridgehead atoms. The maximum absolute atomic E-state index is 10.6. The third-order valence-corrected chi connectivity index (χ3v) is 3.56. The van der Waals surface area contributed by atoms with Crippen molar-refractivity contribution in [2.75, 3.05) is 0 Å². The Balaban J connectivity index is 1.99. The van der Waals surface area contributed by atoms with Crippen LogP contribution in [0.15, 0.2) is 24.3 Å². The first-order valence-corrected chi connectivity index (χ1v) is 5.45. The summed E-state index contributed by atoms with van der Waals surface area (Å²) in [6.07, 6.45) is 1.63. The minimum atomic E-state index is -0.906. The van der Waals surface area contributed by atoms with Crippen LogP contribution in [0.3, 0.4) is 0 Å². The molecule has 1 saturated carbocycles. The molecule has 1 aromatic carbocycles. The van der Waals surface area contributed by atoms with E-state index >= 15 is 0 Å². The molecule has 0 aromatic heterocycles. The van der Waals surface area contributed by atoms with Crippen LogP contribution in [0.4, 0.5) is 5.69 Å². The topological polar surface area (TPSA) is 47.7 Å². The van der Waals surface area contributed by atoms with E-state index in [9.17, 15) is 5.21 Å². The second kappa shape index (κ2) is 3.92. The number of hydrogen-bond acceptors (Lipinski definition) is 2. The molecule has 1 aliphatic carbocycles. The molecule has 0 aliphatic heterocycles. The van der Waals surface area contributed by atoms with Gasteiger partial charge in [-0.1, -0.05) is 12.1 Å². The predicted molar refractivity (Wildman–Crippen MR) is 58.5 cm³/mol. The van der Waals surface area contributed by atoms with Crippen molar-refractivity contribution in [3.63, 3.8) is 0 Å². The minimum absolute atomic E-state index is 0.302. The van der Waals surface area contributed by atoms with Crippen LogP contribution in [0.5, 0.6) is 0 Å². The van der Waals surface area contributed by atoms with Crippen LogP contribution in [0.2, 0.25) is 0 Å². The highest BCUT2D eigenvalue weighted by Crippen LogP contribution is 2.54. The smallest absolute Gasteiger partial charge is 0.163 e. The van der Waals surface area contributed by atoms with Crippen molar-refractivity contribution in [2.45, 2.75) is 17.2 Å². The van der Waals surface area contributed by atoms with Gasteiger partial charge in [-0.2, -0.15) is 5.23 Å². The van der Waals surface area contributed by atoms with Crippen LogP contribution in [0.25, 0.3) is 0 Å². The molecule has 2 atom stereocenters. The molecule has 82 valence electrons. The Labute approximate surface area is 97.7 Å². The number of nitrogens with one attached hydrogen (secondary N) is 1. The summed E-state index contributed by atoms with van der Waals surface area (Å²) in [5.41, 5.74) is 1.38. The van der Waals surface area contributed by atoms with Gasteiger partial charge in [0, 0.05) is 12.1 Å². The Morgan fingerprint density at radius 2 is 1.93 bits per heavy atom. The van der Waals surface area contributed by atoms with Gasteiger partial charge < -0.3 is 5.21 Å². The third kappa shape index (κ3) is 2.62. The zero-order valence-corrected chi connectivity index (χ0v) is 9.42. The van der Waals surface area contributed by atoms with E-state index in [0.717, 1.165) is 18.4 Å². The van der Waals surface area contributed by atoms with Gasteiger partial charge in [0.25, 0.3) is 0 Å². The summed E-state index contributed by atoms with van der Waals surface area (Å²) in [6, 6.07) is 6.83. The van der Waals surface area contributed by atoms with Crippen molar-refractivity contribution < 1.29 is 10.4 Å². The molecule has 2 rings (SSSR count). The zero-order chi connectivity index (χ0) is 11.1. The van der Waals surface area contributed by atoms with E-state index in [1.54, 1.807) is 12.1 Å². The normalized spacial score (nSPS) is 24.9. The molecule has 0 heterocycles. The first kappa shape index (κ1) is 11.2. The highest BCUT2D eigenvalue weighted by Gasteiger charge is 2.51. The Kier molecular flexibility index (Phi) is 2.92. The first-order valence-electron chi connectivity index (χ1n) is 4.69. The fraction of sp³-hybridized carbons (Fsp3) is 0.400. The molecule has 0 saturated heterocycles. The van der Waals surface area contributed by atoms with Gasteiger partial charge in [0.05, 0.1) is 0 Å². The maximum Gasteiger partial charge on any atom is 0.163 e. The van der Waals surface area contributed by atoms with E-state index in [0.29, 0.717) is 11.6 Å². The number of alkyl halides is 2. The summed E-state index contributed by atoms with van der Waals surface area (Å²) in [7, 11) is 0. The summed E-state index contributed by atoms with van der Waals surface area (Å²) >= 11 is 11.8. The second-order valence-corrected chi connectivity index (χ2v) is 5.41. The fourth-order valence-corrected chi connectivity index (χ4v) is 2.09. The SMILES string of the molecule is [O-][NH+](O)c1ccc(CC2CC2(Cl)Cl)cc1. The summed E-state index contributed by atoms with van der Waals surface area (Å²) in [6.45, 7) is 0. The zero-order valence-electron chi connectivity index (χ0n) is 7.91. The van der Waals surface area contributed by atoms with E-state index in [-0.39, 0.29) is 0 Å². The molecule has 2 unspecified atom stereocenters. The predicted octanol–water partition coefficient (Wildman–Crippen LogP) is 1.83. The molecule has 0 radical (unpaired) electrons. The van der Waals surface area contributed by atoms with Crippen molar-refractivity contribution >= 4 is 28.9 Å². The molecular weight excluding hydrogens is 237 g/mol. The van der Waals surface area contributed by atoms with Gasteiger partial charge in [-0.15, -0.1) is 23.2 Å². The fourth-order valence-electron chi connectivity index (χ4n) is 1.56. The number of quaternary nitrogens is 1. The van der Waals surface area contributed by atoms with E-state index < -0.39 is 9.56 Å². The van der Waals surface area contributed by atoms with Gasteiger partial charge in [-0.3, -0.25) is 0 Å². The van der Waals surface area contributed by atoms with Crippen molar-refractivity contribution in [1.29, 1.82) is 0 Å². The molecule has 0 amide bonds. The van der Waals surface area contributed by atoms with Crippen LogP contribution in [0.1, 0.15) is 12.0 Å². The van der Waals surface area contributed by atoms with Gasteiger partial charge in [0.1, 0.15) is 4.33 Å². The van der Waals surface area contributed by atoms with Gasteiger partial charge in [-0.05, 0) is 24.3 Å². The Morgan fingerprint density at radius 3 is 2.33 bits per heavy atom. The third-order valence-electron chi connectivity index (χ3n) is 2.64. The van der Waals surface area contributed by atoms with Crippen LogP contribution in [-0.4, -0.2) is 9.54 Å². The van der Waals surface area contributed by atoms with Gasteiger partial charge in [0.2, 0.25) is 0 Å². The van der Waals surface area contributed by atoms with E-state index in [1.807, 2.05) is 12.1 Å². The summed E-state index contributed by atoms with van der Waals surface area (Å²) in [5.74, 6) is 0.302. The first-order chi connectivity index (χ1) is 6.99. The Morgan fingerprint density at radius 1 is 1.40 bits per heavy atom. The highest BCUT2D eigenvalue weighted by molar-refractivity contribution is 6.50. The van der Waals surface area contributed by atoms with Crippen LogP contribution >= 0.6 is 23.2 Å². The molecule has 0 spiro atoms. The van der Waals surface area contributed by atoms with E-state index in [4.69, 9.17) is 28.4 Å². The molecule has 1 fully saturated rings. The maximum atomic E-state index is 10.6. The molecular formula is C10H11Cl2NO2. The lowest BCUT2D eigenvalue weighted by Gasteiger charge is -2.11. The lowest BCUT2D eigenvalue weighted by atomic mass is 10.1. The van der Waals surface area contributed by atoms with Crippen molar-refractivity contribution in [2.24, 2.45) is 5.92 Å². The lowest BCUT2D eigenvalue weighted by molar-refractivity contribution is -0.991. The molecule has 15 heavy (non-hydrogen) atoms. The van der Waals surface area contributed by atoms with Crippen molar-refractivity contribution in [3.05, 3.63) is 35.0 Å². The standard InChI is InChI=1S/C10H11Cl2NO2/c11-10(12)6-8(10)5-7-1-3-9(4-2-7)13(14)15/h1-4,8,13-14H,5-6H2. The van der Waals surface area contributed by atoms with Gasteiger partial charge >= 0.3 is 0 Å². The molecule has 1 aromatic rings. The van der Waals surface area contributed by atoms with Crippen LogP contribution in [0, 0.1) is 11.1 Å². The van der Waals surface area contributed by atoms with Crippen LogP contribution in [-0.2, 0) is 6.42 Å². The van der Waals surface area contributed by atoms with Gasteiger partial charge in [0.15, 0.2) is 5.69 Å². The lowest BCUT2D eigenvalue weighted by Crippen LogP contribution is -2.99. The highest BCUT2D eigenvalue weighted by atomic mass is 35.5. The average Bonchev–Trinajstić information content (AvgIpc) is 2.74. The number of rotatable bonds is 3. The van der Waals surface area contributed by atoms with Crippen molar-refractivity contribution in [1.82, 2.24) is 0 Å². The minimum Gasteiger partial charge on any atom is -0.595 e. The molecule has 1 aliphatic rings. The molecule has 2 N–H and O–H groups in total. The Bertz CT molecular complexity index is 351. The Hall–Kier alpha value is -0.320. The number of benzene rings is 1. The van der Waals surface area contributed by atoms with E-state index in [2.05, 4.69) is 0 Å². The quantitative estimate of drug-likeness (QED) is 0.633. The summed E-state index contributed by atoms with van der Waals surface area (Å²) in [5, 5.41) is 18.4. The van der Waals surface area contributed by atoms with Crippen molar-refractivity contribution in [3.8, 4) is 0 Å². The largest absolute Gasteiger partial charge is 0.595 e. The van der Waals surface area contributed by atoms with E-state index in [1.165, 1.54) is 0 Å². The molecule has 5 heteroatoms. The number of halogens is 2. The van der Waals surface area contributed by atoms with Gasteiger partial charge in [-0.25, -0.2) is 5.21 Å². The molecule has 3 nitrogen and oxygen atoms in total. The average molecular weight is 248 g/mol. The monoisotopic (exact) mass is 247 g/mol.